The van der Waals surface area contributed by atoms with Crippen molar-refractivity contribution in [3.05, 3.63) is 22.9 Å². The van der Waals surface area contributed by atoms with Crippen LogP contribution in [0.3, 0.4) is 0 Å². The zero-order valence-electron chi connectivity index (χ0n) is 13.9. The van der Waals surface area contributed by atoms with Crippen molar-refractivity contribution in [2.45, 2.75) is 52.7 Å². The summed E-state index contributed by atoms with van der Waals surface area (Å²) >= 11 is 0. The average molecular weight is 291 g/mol. The van der Waals surface area contributed by atoms with Crippen molar-refractivity contribution in [3.63, 3.8) is 0 Å². The smallest absolute Gasteiger partial charge is 0.133 e. The maximum Gasteiger partial charge on any atom is 0.133 e. The van der Waals surface area contributed by atoms with Crippen molar-refractivity contribution >= 4 is 5.82 Å². The second-order valence-electron chi connectivity index (χ2n) is 5.98. The Morgan fingerprint density at radius 3 is 2.67 bits per heavy atom. The first kappa shape index (κ1) is 16.2. The summed E-state index contributed by atoms with van der Waals surface area (Å²) in [4.78, 5) is 7.26. The van der Waals surface area contributed by atoms with Crippen LogP contribution in [0.2, 0.25) is 0 Å². The molecule has 1 aliphatic rings. The van der Waals surface area contributed by atoms with Gasteiger partial charge in [-0.25, -0.2) is 4.98 Å². The maximum absolute atomic E-state index is 5.47. The molecule has 0 bridgehead atoms. The first-order valence-corrected chi connectivity index (χ1v) is 8.11. The van der Waals surface area contributed by atoms with Gasteiger partial charge in [0.1, 0.15) is 5.82 Å². The van der Waals surface area contributed by atoms with Gasteiger partial charge in [0.25, 0.3) is 0 Å². The highest BCUT2D eigenvalue weighted by Crippen LogP contribution is 2.26. The van der Waals surface area contributed by atoms with E-state index in [1.165, 1.54) is 16.9 Å². The number of rotatable bonds is 6. The van der Waals surface area contributed by atoms with E-state index in [2.05, 4.69) is 37.1 Å². The van der Waals surface area contributed by atoms with Crippen molar-refractivity contribution < 1.29 is 4.74 Å². The Morgan fingerprint density at radius 2 is 2.05 bits per heavy atom. The minimum Gasteiger partial charge on any atom is -0.381 e. The number of piperidine rings is 1. The number of nitrogens with zero attached hydrogens (tertiary/aromatic N) is 2. The first-order valence-electron chi connectivity index (χ1n) is 8.11. The van der Waals surface area contributed by atoms with Crippen LogP contribution in [0.15, 0.2) is 6.07 Å². The molecular weight excluding hydrogens is 262 g/mol. The molecule has 0 radical (unpaired) electrons. The molecule has 0 unspecified atom stereocenters. The quantitative estimate of drug-likeness (QED) is 0.818. The third kappa shape index (κ3) is 4.17. The summed E-state index contributed by atoms with van der Waals surface area (Å²) in [5, 5.41) is 3.52. The molecule has 2 heterocycles. The SMILES string of the molecule is CCCNCc1c(C)cc(C)nc1N1CCC(OC)CC1. The summed E-state index contributed by atoms with van der Waals surface area (Å²) in [6, 6.07) is 2.19. The molecule has 0 aliphatic carbocycles. The Hall–Kier alpha value is -1.13. The Balaban J connectivity index is 2.16. The Morgan fingerprint density at radius 1 is 1.33 bits per heavy atom. The van der Waals surface area contributed by atoms with Crippen LogP contribution in [-0.4, -0.2) is 37.8 Å². The summed E-state index contributed by atoms with van der Waals surface area (Å²) in [5.74, 6) is 1.17. The third-order valence-electron chi connectivity index (χ3n) is 4.26. The highest BCUT2D eigenvalue weighted by Gasteiger charge is 2.22. The number of hydrogen-bond donors (Lipinski definition) is 1. The van der Waals surface area contributed by atoms with Gasteiger partial charge in [-0.15, -0.1) is 0 Å². The molecule has 0 spiro atoms. The van der Waals surface area contributed by atoms with Crippen LogP contribution in [0.5, 0.6) is 0 Å². The zero-order valence-corrected chi connectivity index (χ0v) is 13.9. The van der Waals surface area contributed by atoms with Crippen LogP contribution in [0.25, 0.3) is 0 Å². The number of anilines is 1. The number of nitrogens with one attached hydrogen (secondary N) is 1. The van der Waals surface area contributed by atoms with E-state index in [1.807, 2.05) is 7.11 Å². The largest absolute Gasteiger partial charge is 0.381 e. The van der Waals surface area contributed by atoms with Crippen molar-refractivity contribution in [1.29, 1.82) is 0 Å². The minimum atomic E-state index is 0.411. The molecule has 1 fully saturated rings. The second-order valence-corrected chi connectivity index (χ2v) is 5.98. The van der Waals surface area contributed by atoms with Crippen LogP contribution in [0, 0.1) is 13.8 Å². The van der Waals surface area contributed by atoms with Crippen molar-refractivity contribution in [1.82, 2.24) is 10.3 Å². The van der Waals surface area contributed by atoms with Gasteiger partial charge in [-0.2, -0.15) is 0 Å². The van der Waals surface area contributed by atoms with Gasteiger partial charge < -0.3 is 15.0 Å². The van der Waals surface area contributed by atoms with E-state index < -0.39 is 0 Å². The number of aromatic nitrogens is 1. The van der Waals surface area contributed by atoms with Crippen molar-refractivity contribution in [2.24, 2.45) is 0 Å². The number of ether oxygens (including phenoxy) is 1. The van der Waals surface area contributed by atoms with Crippen molar-refractivity contribution in [3.8, 4) is 0 Å². The predicted octanol–water partition coefficient (Wildman–Crippen LogP) is 2.81. The molecule has 1 aromatic heterocycles. The fraction of sp³-hybridized carbons (Fsp3) is 0.706. The lowest BCUT2D eigenvalue weighted by Gasteiger charge is -2.34. The molecule has 0 amide bonds. The molecule has 4 nitrogen and oxygen atoms in total. The molecule has 118 valence electrons. The standard InChI is InChI=1S/C17H29N3O/c1-5-8-18-12-16-13(2)11-14(3)19-17(16)20-9-6-15(21-4)7-10-20/h11,15,18H,5-10,12H2,1-4H3. The summed E-state index contributed by atoms with van der Waals surface area (Å²) in [5.41, 5.74) is 3.80. The van der Waals surface area contributed by atoms with Crippen LogP contribution in [-0.2, 0) is 11.3 Å². The lowest BCUT2D eigenvalue weighted by molar-refractivity contribution is 0.0817. The molecule has 4 heteroatoms. The lowest BCUT2D eigenvalue weighted by Crippen LogP contribution is -2.38. The number of hydrogen-bond acceptors (Lipinski definition) is 4. The topological polar surface area (TPSA) is 37.4 Å². The van der Waals surface area contributed by atoms with Crippen LogP contribution in [0.4, 0.5) is 5.82 Å². The van der Waals surface area contributed by atoms with Gasteiger partial charge >= 0.3 is 0 Å². The molecule has 0 aromatic carbocycles. The molecule has 1 aromatic rings. The molecule has 1 aliphatic heterocycles. The molecular formula is C17H29N3O. The maximum atomic E-state index is 5.47. The van der Waals surface area contributed by atoms with Crippen LogP contribution < -0.4 is 10.2 Å². The van der Waals surface area contributed by atoms with E-state index in [9.17, 15) is 0 Å². The highest BCUT2D eigenvalue weighted by molar-refractivity contribution is 5.52. The van der Waals surface area contributed by atoms with E-state index in [1.54, 1.807) is 0 Å². The summed E-state index contributed by atoms with van der Waals surface area (Å²) in [6.07, 6.45) is 3.75. The van der Waals surface area contributed by atoms with Gasteiger partial charge in [-0.05, 0) is 51.3 Å². The molecule has 0 saturated carbocycles. The van der Waals surface area contributed by atoms with Gasteiger partial charge in [0.05, 0.1) is 6.10 Å². The Labute approximate surface area is 128 Å². The van der Waals surface area contributed by atoms with Gasteiger partial charge in [0, 0.05) is 38.0 Å². The monoisotopic (exact) mass is 291 g/mol. The lowest BCUT2D eigenvalue weighted by atomic mass is 10.0. The van der Waals surface area contributed by atoms with Gasteiger partial charge in [-0.3, -0.25) is 0 Å². The van der Waals surface area contributed by atoms with E-state index in [0.29, 0.717) is 6.10 Å². The van der Waals surface area contributed by atoms with Crippen LogP contribution in [0.1, 0.15) is 43.0 Å². The Kier molecular flexibility index (Phi) is 6.00. The molecule has 21 heavy (non-hydrogen) atoms. The number of aryl methyl sites for hydroxylation is 2. The van der Waals surface area contributed by atoms with Gasteiger partial charge in [0.15, 0.2) is 0 Å². The fourth-order valence-electron chi connectivity index (χ4n) is 3.02. The average Bonchev–Trinajstić information content (AvgIpc) is 2.49. The number of methoxy groups -OCH3 is 1. The van der Waals surface area contributed by atoms with Gasteiger partial charge in [0.2, 0.25) is 0 Å². The van der Waals surface area contributed by atoms with Crippen LogP contribution >= 0.6 is 0 Å². The third-order valence-corrected chi connectivity index (χ3v) is 4.26. The molecule has 1 saturated heterocycles. The molecule has 2 rings (SSSR count). The van der Waals surface area contributed by atoms with E-state index in [4.69, 9.17) is 9.72 Å². The number of pyridine rings is 1. The minimum absolute atomic E-state index is 0.411. The van der Waals surface area contributed by atoms with Crippen molar-refractivity contribution in [2.75, 3.05) is 31.6 Å². The molecule has 0 atom stereocenters. The van der Waals surface area contributed by atoms with E-state index in [-0.39, 0.29) is 0 Å². The first-order chi connectivity index (χ1) is 10.2. The fourth-order valence-corrected chi connectivity index (χ4v) is 3.02. The normalized spacial score (nSPS) is 16.5. The molecule has 1 N–H and O–H groups in total. The summed E-state index contributed by atoms with van der Waals surface area (Å²) in [6.45, 7) is 10.5. The summed E-state index contributed by atoms with van der Waals surface area (Å²) < 4.78 is 5.47. The highest BCUT2D eigenvalue weighted by atomic mass is 16.5. The summed E-state index contributed by atoms with van der Waals surface area (Å²) in [7, 11) is 1.81. The Bertz CT molecular complexity index is 454. The van der Waals surface area contributed by atoms with E-state index >= 15 is 0 Å². The van der Waals surface area contributed by atoms with Gasteiger partial charge in [-0.1, -0.05) is 6.92 Å². The predicted molar refractivity (Wildman–Crippen MR) is 88.0 cm³/mol. The van der Waals surface area contributed by atoms with E-state index in [0.717, 1.165) is 51.1 Å². The zero-order chi connectivity index (χ0) is 15.2. The second kappa shape index (κ2) is 7.76.